The summed E-state index contributed by atoms with van der Waals surface area (Å²) in [6.45, 7) is 1.94. The molecule has 0 bridgehead atoms. The van der Waals surface area contributed by atoms with Gasteiger partial charge in [0.15, 0.2) is 11.5 Å². The molecule has 40 heavy (non-hydrogen) atoms. The first-order chi connectivity index (χ1) is 19.6. The van der Waals surface area contributed by atoms with E-state index in [2.05, 4.69) is 40.4 Å². The first kappa shape index (κ1) is 23.4. The number of pyridine rings is 3. The van der Waals surface area contributed by atoms with Crippen molar-refractivity contribution in [3.05, 3.63) is 97.2 Å². The number of carbonyl (C=O) groups is 1. The fourth-order valence-corrected chi connectivity index (χ4v) is 4.67. The molecule has 7 rings (SSSR count). The van der Waals surface area contributed by atoms with Crippen molar-refractivity contribution in [2.75, 3.05) is 5.32 Å². The summed E-state index contributed by atoms with van der Waals surface area (Å²) in [7, 11) is 0. The van der Waals surface area contributed by atoms with Crippen LogP contribution in [-0.2, 0) is 11.2 Å². The number of carbonyl (C=O) groups excluding carboxylic acids is 1. The van der Waals surface area contributed by atoms with E-state index in [1.807, 2.05) is 60.2 Å². The molecule has 6 heterocycles. The summed E-state index contributed by atoms with van der Waals surface area (Å²) >= 11 is 0. The predicted molar refractivity (Wildman–Crippen MR) is 151 cm³/mol. The van der Waals surface area contributed by atoms with Gasteiger partial charge in [0.2, 0.25) is 5.91 Å². The second kappa shape index (κ2) is 9.55. The van der Waals surface area contributed by atoms with Crippen LogP contribution in [0.4, 0.5) is 5.69 Å². The number of rotatable bonds is 6. The first-order valence-electron chi connectivity index (χ1n) is 12.6. The van der Waals surface area contributed by atoms with Gasteiger partial charge in [-0.05, 0) is 24.6 Å². The van der Waals surface area contributed by atoms with Crippen molar-refractivity contribution < 1.29 is 4.79 Å². The number of anilines is 1. The number of aromatic amines is 2. The van der Waals surface area contributed by atoms with Crippen LogP contribution in [0.5, 0.6) is 0 Å². The molecule has 0 atom stereocenters. The van der Waals surface area contributed by atoms with Crippen LogP contribution < -0.4 is 5.32 Å². The second-order valence-corrected chi connectivity index (χ2v) is 9.43. The number of hydrogen-bond acceptors (Lipinski definition) is 7. The van der Waals surface area contributed by atoms with Crippen molar-refractivity contribution >= 4 is 33.7 Å². The van der Waals surface area contributed by atoms with Gasteiger partial charge in [0.05, 0.1) is 59.3 Å². The molecule has 0 aliphatic heterocycles. The van der Waals surface area contributed by atoms with Crippen molar-refractivity contribution in [2.45, 2.75) is 13.3 Å². The average Bonchev–Trinajstić information content (AvgIpc) is 3.71. The van der Waals surface area contributed by atoms with E-state index in [4.69, 9.17) is 4.98 Å². The van der Waals surface area contributed by atoms with Gasteiger partial charge >= 0.3 is 0 Å². The molecule has 0 spiro atoms. The fourth-order valence-electron chi connectivity index (χ4n) is 4.67. The third-order valence-electron chi connectivity index (χ3n) is 6.57. The lowest BCUT2D eigenvalue weighted by Gasteiger charge is -2.07. The second-order valence-electron chi connectivity index (χ2n) is 9.43. The van der Waals surface area contributed by atoms with Crippen molar-refractivity contribution in [2.24, 2.45) is 0 Å². The number of aromatic nitrogens is 9. The standard InChI is InChI=1S/C29H22N10O/c1-17-15-39(16-33-17)24-14-31-13-23-27(24)36-29(35-23)26-22-9-20(11-32-28(22)38-37-26)19-8-21(12-30-10-19)34-25(40)7-18-5-3-2-4-6-18/h2-6,8-16H,7H2,1H3,(H,34,40)(H,35,36)(H,32,37,38). The highest BCUT2D eigenvalue weighted by atomic mass is 16.1. The minimum Gasteiger partial charge on any atom is -0.335 e. The summed E-state index contributed by atoms with van der Waals surface area (Å²) < 4.78 is 1.90. The SMILES string of the molecule is Cc1cn(-c2cncc3[nH]c(-c4[nH]nc5ncc(-c6cncc(NC(=O)Cc7ccccc7)c6)cc45)nc23)cn1. The molecule has 6 aromatic heterocycles. The van der Waals surface area contributed by atoms with Gasteiger partial charge in [0, 0.05) is 29.7 Å². The van der Waals surface area contributed by atoms with Crippen molar-refractivity contribution in [3.8, 4) is 28.3 Å². The normalized spacial score (nSPS) is 11.3. The Hall–Kier alpha value is -5.71. The molecule has 11 nitrogen and oxygen atoms in total. The van der Waals surface area contributed by atoms with Crippen LogP contribution in [-0.4, -0.2) is 50.6 Å². The zero-order chi connectivity index (χ0) is 27.1. The molecule has 0 aliphatic carbocycles. The van der Waals surface area contributed by atoms with Crippen LogP contribution in [0, 0.1) is 6.92 Å². The molecule has 194 valence electrons. The maximum atomic E-state index is 12.6. The molecule has 0 aliphatic rings. The zero-order valence-corrected chi connectivity index (χ0v) is 21.3. The Labute approximate surface area is 227 Å². The minimum atomic E-state index is -0.111. The van der Waals surface area contributed by atoms with E-state index in [1.54, 1.807) is 37.3 Å². The van der Waals surface area contributed by atoms with Gasteiger partial charge in [-0.25, -0.2) is 15.0 Å². The van der Waals surface area contributed by atoms with Crippen LogP contribution in [0.3, 0.4) is 0 Å². The lowest BCUT2D eigenvalue weighted by molar-refractivity contribution is -0.115. The first-order valence-corrected chi connectivity index (χ1v) is 12.6. The maximum Gasteiger partial charge on any atom is 0.228 e. The number of amides is 1. The number of H-pyrrole nitrogens is 2. The number of aryl methyl sites for hydroxylation is 1. The highest BCUT2D eigenvalue weighted by molar-refractivity contribution is 5.95. The number of benzene rings is 1. The minimum absolute atomic E-state index is 0.111. The highest BCUT2D eigenvalue weighted by Crippen LogP contribution is 2.30. The van der Waals surface area contributed by atoms with Crippen LogP contribution in [0.25, 0.3) is 50.4 Å². The van der Waals surface area contributed by atoms with Crippen molar-refractivity contribution in [1.82, 2.24) is 44.7 Å². The van der Waals surface area contributed by atoms with Gasteiger partial charge in [0.25, 0.3) is 0 Å². The maximum absolute atomic E-state index is 12.6. The summed E-state index contributed by atoms with van der Waals surface area (Å²) in [5.74, 6) is 0.503. The average molecular weight is 527 g/mol. The van der Waals surface area contributed by atoms with Crippen LogP contribution >= 0.6 is 0 Å². The monoisotopic (exact) mass is 526 g/mol. The molecule has 1 aromatic carbocycles. The Bertz CT molecular complexity index is 2000. The summed E-state index contributed by atoms with van der Waals surface area (Å²) in [5.41, 5.74) is 7.72. The number of fused-ring (bicyclic) bond motifs is 2. The van der Waals surface area contributed by atoms with E-state index < -0.39 is 0 Å². The molecule has 0 fully saturated rings. The van der Waals surface area contributed by atoms with Gasteiger partial charge in [-0.2, -0.15) is 5.10 Å². The predicted octanol–water partition coefficient (Wildman–Crippen LogP) is 4.63. The molecule has 0 saturated heterocycles. The van der Waals surface area contributed by atoms with Crippen LogP contribution in [0.15, 0.2) is 86.0 Å². The summed E-state index contributed by atoms with van der Waals surface area (Å²) in [5, 5.41) is 11.2. The quantitative estimate of drug-likeness (QED) is 0.287. The fraction of sp³-hybridized carbons (Fsp3) is 0.0690. The largest absolute Gasteiger partial charge is 0.335 e. The Morgan fingerprint density at radius 1 is 0.975 bits per heavy atom. The van der Waals surface area contributed by atoms with E-state index in [1.165, 1.54) is 0 Å². The molecule has 0 saturated carbocycles. The third kappa shape index (κ3) is 4.35. The van der Waals surface area contributed by atoms with Crippen molar-refractivity contribution in [1.29, 1.82) is 0 Å². The number of nitrogens with zero attached hydrogens (tertiary/aromatic N) is 7. The lowest BCUT2D eigenvalue weighted by Crippen LogP contribution is -2.14. The summed E-state index contributed by atoms with van der Waals surface area (Å²) in [6, 6.07) is 13.5. The molecule has 1 amide bonds. The molecule has 3 N–H and O–H groups in total. The number of nitrogens with one attached hydrogen (secondary N) is 3. The smallest absolute Gasteiger partial charge is 0.228 e. The number of hydrogen-bond donors (Lipinski definition) is 3. The van der Waals surface area contributed by atoms with Crippen LogP contribution in [0.1, 0.15) is 11.3 Å². The van der Waals surface area contributed by atoms with Gasteiger partial charge in [-0.15, -0.1) is 0 Å². The third-order valence-corrected chi connectivity index (χ3v) is 6.57. The summed E-state index contributed by atoms with van der Waals surface area (Å²) in [4.78, 5) is 38.4. The molecule has 7 aromatic rings. The van der Waals surface area contributed by atoms with E-state index in [0.717, 1.165) is 44.5 Å². The summed E-state index contributed by atoms with van der Waals surface area (Å²) in [6.07, 6.45) is 12.6. The Morgan fingerprint density at radius 2 is 1.82 bits per heavy atom. The van der Waals surface area contributed by atoms with E-state index in [0.29, 0.717) is 22.9 Å². The zero-order valence-electron chi connectivity index (χ0n) is 21.3. The van der Waals surface area contributed by atoms with Crippen LogP contribution in [0.2, 0.25) is 0 Å². The Balaban J connectivity index is 1.21. The Kier molecular flexibility index (Phi) is 5.59. The Morgan fingerprint density at radius 3 is 2.67 bits per heavy atom. The highest BCUT2D eigenvalue weighted by Gasteiger charge is 2.17. The molecular formula is C29H22N10O. The van der Waals surface area contributed by atoms with E-state index >= 15 is 0 Å². The van der Waals surface area contributed by atoms with Gasteiger partial charge in [-0.3, -0.25) is 19.9 Å². The van der Waals surface area contributed by atoms with Gasteiger partial charge < -0.3 is 14.9 Å². The molecule has 0 radical (unpaired) electrons. The molecule has 11 heteroatoms. The van der Waals surface area contributed by atoms with E-state index in [9.17, 15) is 4.79 Å². The van der Waals surface area contributed by atoms with Crippen molar-refractivity contribution in [3.63, 3.8) is 0 Å². The topological polar surface area (TPSA) is 143 Å². The molecule has 0 unspecified atom stereocenters. The van der Waals surface area contributed by atoms with Gasteiger partial charge in [-0.1, -0.05) is 30.3 Å². The number of imidazole rings is 2. The lowest BCUT2D eigenvalue weighted by atomic mass is 10.1. The van der Waals surface area contributed by atoms with Gasteiger partial charge in [0.1, 0.15) is 11.2 Å². The van der Waals surface area contributed by atoms with E-state index in [-0.39, 0.29) is 12.3 Å². The molecular weight excluding hydrogens is 504 g/mol.